The van der Waals surface area contributed by atoms with Crippen molar-refractivity contribution in [2.24, 2.45) is 0 Å². The lowest BCUT2D eigenvalue weighted by Crippen LogP contribution is -2.36. The van der Waals surface area contributed by atoms with Gasteiger partial charge in [0.15, 0.2) is 0 Å². The van der Waals surface area contributed by atoms with E-state index in [9.17, 15) is 14.0 Å². The number of nitrogens with one attached hydrogen (secondary N) is 3. The predicted molar refractivity (Wildman–Crippen MR) is 94.7 cm³/mol. The number of urea groups is 1. The summed E-state index contributed by atoms with van der Waals surface area (Å²) in [6.45, 7) is 1.96. The second-order valence-electron chi connectivity index (χ2n) is 4.91. The number of hydrogen-bond donors (Lipinski definition) is 3. The van der Waals surface area contributed by atoms with Crippen molar-refractivity contribution in [3.8, 4) is 5.75 Å². The molecule has 0 heterocycles. The molecule has 0 atom stereocenters. The lowest BCUT2D eigenvalue weighted by Gasteiger charge is -2.12. The maximum atomic E-state index is 13.6. The Morgan fingerprint density at radius 3 is 2.60 bits per heavy atom. The van der Waals surface area contributed by atoms with Gasteiger partial charge in [0.2, 0.25) is 5.91 Å². The minimum Gasteiger partial charge on any atom is -0.492 e. The first kappa shape index (κ1) is 18.5. The Bertz CT molecular complexity index is 771. The van der Waals surface area contributed by atoms with E-state index in [0.29, 0.717) is 18.0 Å². The Balaban J connectivity index is 1.86. The number of benzene rings is 2. The monoisotopic (exact) mass is 365 g/mol. The highest BCUT2D eigenvalue weighted by atomic mass is 35.5. The number of carbonyl (C=O) groups excluding carboxylic acids is 2. The summed E-state index contributed by atoms with van der Waals surface area (Å²) >= 11 is 5.64. The summed E-state index contributed by atoms with van der Waals surface area (Å²) in [6, 6.07) is 10.2. The van der Waals surface area contributed by atoms with Crippen LogP contribution >= 0.6 is 11.6 Å². The van der Waals surface area contributed by atoms with Gasteiger partial charge in [-0.15, -0.1) is 0 Å². The van der Waals surface area contributed by atoms with Crippen LogP contribution < -0.4 is 20.7 Å². The van der Waals surface area contributed by atoms with E-state index in [4.69, 9.17) is 16.3 Å². The number of anilines is 2. The van der Waals surface area contributed by atoms with Gasteiger partial charge in [-0.2, -0.15) is 0 Å². The molecule has 132 valence electrons. The van der Waals surface area contributed by atoms with Gasteiger partial charge in [0.05, 0.1) is 24.5 Å². The van der Waals surface area contributed by atoms with E-state index in [0.717, 1.165) is 6.07 Å². The van der Waals surface area contributed by atoms with Crippen LogP contribution in [0, 0.1) is 5.82 Å². The van der Waals surface area contributed by atoms with Crippen molar-refractivity contribution < 1.29 is 18.7 Å². The summed E-state index contributed by atoms with van der Waals surface area (Å²) in [7, 11) is 0. The third kappa shape index (κ3) is 5.65. The third-order valence-corrected chi connectivity index (χ3v) is 3.28. The fourth-order valence-electron chi connectivity index (χ4n) is 1.96. The molecule has 2 aromatic carbocycles. The van der Waals surface area contributed by atoms with E-state index in [1.54, 1.807) is 24.3 Å². The Hall–Kier alpha value is -2.80. The highest BCUT2D eigenvalue weighted by molar-refractivity contribution is 6.30. The van der Waals surface area contributed by atoms with E-state index in [1.807, 2.05) is 6.92 Å². The molecule has 8 heteroatoms. The molecular formula is C17H17ClFN3O3. The molecule has 2 aromatic rings. The van der Waals surface area contributed by atoms with Crippen molar-refractivity contribution in [1.29, 1.82) is 0 Å². The van der Waals surface area contributed by atoms with Gasteiger partial charge in [-0.05, 0) is 37.3 Å². The molecule has 0 aliphatic heterocycles. The largest absolute Gasteiger partial charge is 0.492 e. The van der Waals surface area contributed by atoms with Crippen molar-refractivity contribution >= 4 is 34.9 Å². The standard InChI is InChI=1S/C17H17ClFN3O3/c1-2-25-15-6-4-3-5-14(15)22-17(24)20-10-16(23)21-13-8-7-11(18)9-12(13)19/h3-9H,2,10H2,1H3,(H,21,23)(H2,20,22,24). The molecule has 25 heavy (non-hydrogen) atoms. The highest BCUT2D eigenvalue weighted by Crippen LogP contribution is 2.23. The molecule has 0 saturated heterocycles. The molecular weight excluding hydrogens is 349 g/mol. The smallest absolute Gasteiger partial charge is 0.319 e. The summed E-state index contributed by atoms with van der Waals surface area (Å²) < 4.78 is 19.0. The van der Waals surface area contributed by atoms with Crippen molar-refractivity contribution in [3.63, 3.8) is 0 Å². The summed E-state index contributed by atoms with van der Waals surface area (Å²) in [6.07, 6.45) is 0. The average molecular weight is 366 g/mol. The van der Waals surface area contributed by atoms with Gasteiger partial charge in [-0.1, -0.05) is 23.7 Å². The maximum Gasteiger partial charge on any atom is 0.319 e. The number of halogens is 2. The Labute approximate surface area is 149 Å². The SMILES string of the molecule is CCOc1ccccc1NC(=O)NCC(=O)Nc1ccc(Cl)cc1F. The van der Waals surface area contributed by atoms with Crippen LogP contribution in [0.5, 0.6) is 5.75 Å². The molecule has 2 rings (SSSR count). The number of carbonyl (C=O) groups is 2. The van der Waals surface area contributed by atoms with E-state index >= 15 is 0 Å². The van der Waals surface area contributed by atoms with Crippen LogP contribution in [0.4, 0.5) is 20.6 Å². The molecule has 6 nitrogen and oxygen atoms in total. The summed E-state index contributed by atoms with van der Waals surface area (Å²) in [4.78, 5) is 23.7. The average Bonchev–Trinajstić information content (AvgIpc) is 2.58. The minimum absolute atomic E-state index is 0.0155. The zero-order valence-corrected chi connectivity index (χ0v) is 14.2. The van der Waals surface area contributed by atoms with E-state index in [-0.39, 0.29) is 17.3 Å². The van der Waals surface area contributed by atoms with Crippen LogP contribution in [0.3, 0.4) is 0 Å². The number of hydrogen-bond acceptors (Lipinski definition) is 3. The van der Waals surface area contributed by atoms with Crippen LogP contribution in [-0.4, -0.2) is 25.1 Å². The molecule has 0 aromatic heterocycles. The molecule has 0 saturated carbocycles. The van der Waals surface area contributed by atoms with Gasteiger partial charge in [0.25, 0.3) is 0 Å². The molecule has 3 N–H and O–H groups in total. The zero-order valence-electron chi connectivity index (χ0n) is 13.4. The minimum atomic E-state index is -0.657. The number of rotatable bonds is 6. The van der Waals surface area contributed by atoms with Crippen LogP contribution in [0.15, 0.2) is 42.5 Å². The van der Waals surface area contributed by atoms with Crippen LogP contribution in [0.1, 0.15) is 6.92 Å². The van der Waals surface area contributed by atoms with E-state index in [2.05, 4.69) is 16.0 Å². The maximum absolute atomic E-state index is 13.6. The van der Waals surface area contributed by atoms with Gasteiger partial charge >= 0.3 is 6.03 Å². The van der Waals surface area contributed by atoms with Crippen molar-refractivity contribution in [2.75, 3.05) is 23.8 Å². The van der Waals surface area contributed by atoms with Gasteiger partial charge < -0.3 is 20.7 Å². The van der Waals surface area contributed by atoms with Crippen LogP contribution in [0.2, 0.25) is 5.02 Å². The molecule has 0 unspecified atom stereocenters. The quantitative estimate of drug-likeness (QED) is 0.731. The van der Waals surface area contributed by atoms with Crippen LogP contribution in [-0.2, 0) is 4.79 Å². The third-order valence-electron chi connectivity index (χ3n) is 3.05. The molecule has 0 bridgehead atoms. The number of ether oxygens (including phenoxy) is 1. The molecule has 3 amide bonds. The van der Waals surface area contributed by atoms with E-state index < -0.39 is 17.8 Å². The first-order valence-electron chi connectivity index (χ1n) is 7.51. The predicted octanol–water partition coefficient (Wildman–Crippen LogP) is 3.64. The fourth-order valence-corrected chi connectivity index (χ4v) is 2.12. The van der Waals surface area contributed by atoms with Gasteiger partial charge in [-0.25, -0.2) is 9.18 Å². The molecule has 0 spiro atoms. The summed E-state index contributed by atoms with van der Waals surface area (Å²) in [5, 5.41) is 7.54. The highest BCUT2D eigenvalue weighted by Gasteiger charge is 2.11. The first-order valence-corrected chi connectivity index (χ1v) is 7.89. The topological polar surface area (TPSA) is 79.5 Å². The lowest BCUT2D eigenvalue weighted by atomic mass is 10.3. The Morgan fingerprint density at radius 2 is 1.88 bits per heavy atom. The normalized spacial score (nSPS) is 10.0. The Morgan fingerprint density at radius 1 is 1.12 bits per heavy atom. The summed E-state index contributed by atoms with van der Waals surface area (Å²) in [5.74, 6) is -0.710. The lowest BCUT2D eigenvalue weighted by molar-refractivity contribution is -0.115. The van der Waals surface area contributed by atoms with Gasteiger partial charge in [0, 0.05) is 5.02 Å². The van der Waals surface area contributed by atoms with Gasteiger partial charge in [0.1, 0.15) is 11.6 Å². The number of amides is 3. The first-order chi connectivity index (χ1) is 12.0. The molecule has 0 fully saturated rings. The fraction of sp³-hybridized carbons (Fsp3) is 0.176. The summed E-state index contributed by atoms with van der Waals surface area (Å²) in [5.41, 5.74) is 0.462. The van der Waals surface area contributed by atoms with E-state index in [1.165, 1.54) is 12.1 Å². The van der Waals surface area contributed by atoms with Crippen molar-refractivity contribution in [2.45, 2.75) is 6.92 Å². The second kappa shape index (κ2) is 8.89. The molecule has 0 aliphatic rings. The molecule has 0 aliphatic carbocycles. The second-order valence-corrected chi connectivity index (χ2v) is 5.35. The van der Waals surface area contributed by atoms with Gasteiger partial charge in [-0.3, -0.25) is 4.79 Å². The number of para-hydroxylation sites is 2. The van der Waals surface area contributed by atoms with Crippen molar-refractivity contribution in [3.05, 3.63) is 53.3 Å². The Kier molecular flexibility index (Phi) is 6.59. The zero-order chi connectivity index (χ0) is 18.2. The van der Waals surface area contributed by atoms with Crippen LogP contribution in [0.25, 0.3) is 0 Å². The van der Waals surface area contributed by atoms with Crippen molar-refractivity contribution in [1.82, 2.24) is 5.32 Å². The molecule has 0 radical (unpaired) electrons.